The van der Waals surface area contributed by atoms with Crippen LogP contribution in [0.4, 0.5) is 5.69 Å². The predicted octanol–water partition coefficient (Wildman–Crippen LogP) is 3.56. The molecule has 0 unspecified atom stereocenters. The average Bonchev–Trinajstić information content (AvgIpc) is 2.88. The summed E-state index contributed by atoms with van der Waals surface area (Å²) in [6, 6.07) is 13.1. The lowest BCUT2D eigenvalue weighted by Crippen LogP contribution is -2.36. The van der Waals surface area contributed by atoms with Crippen molar-refractivity contribution in [3.8, 4) is 5.75 Å². The van der Waals surface area contributed by atoms with Gasteiger partial charge in [0.1, 0.15) is 11.6 Å². The summed E-state index contributed by atoms with van der Waals surface area (Å²) in [6.07, 6.45) is 2.74. The van der Waals surface area contributed by atoms with Gasteiger partial charge in [0.2, 0.25) is 10.0 Å². The molecule has 1 aliphatic heterocycles. The molecule has 1 N–H and O–H groups in total. The highest BCUT2D eigenvalue weighted by Crippen LogP contribution is 2.29. The molecule has 10 heteroatoms. The number of sulfonamides is 1. The van der Waals surface area contributed by atoms with Crippen molar-refractivity contribution < 1.29 is 17.9 Å². The van der Waals surface area contributed by atoms with E-state index >= 15 is 0 Å². The number of hydrogen-bond donors (Lipinski definition) is 1. The number of halogens is 1. The average molecular weight is 562 g/mol. The minimum absolute atomic E-state index is 0.226. The minimum atomic E-state index is -3.51. The molecule has 4 rings (SSSR count). The molecule has 0 atom stereocenters. The summed E-state index contributed by atoms with van der Waals surface area (Å²) in [5.74, 6) is 1.50. The minimum Gasteiger partial charge on any atom is -0.494 e. The van der Waals surface area contributed by atoms with Crippen molar-refractivity contribution in [2.24, 2.45) is 0 Å². The Labute approximate surface area is 214 Å². The predicted molar refractivity (Wildman–Crippen MR) is 139 cm³/mol. The zero-order chi connectivity index (χ0) is 24.8. The largest absolute Gasteiger partial charge is 0.494 e. The Morgan fingerprint density at radius 3 is 2.69 bits per heavy atom. The molecule has 0 bridgehead atoms. The van der Waals surface area contributed by atoms with Crippen LogP contribution in [0.15, 0.2) is 58.0 Å². The third-order valence-corrected chi connectivity index (χ3v) is 7.87. The molecule has 0 saturated carbocycles. The van der Waals surface area contributed by atoms with Crippen molar-refractivity contribution >= 4 is 31.6 Å². The van der Waals surface area contributed by atoms with Crippen molar-refractivity contribution in [1.82, 2.24) is 14.7 Å². The first-order chi connectivity index (χ1) is 16.9. The van der Waals surface area contributed by atoms with E-state index in [1.165, 1.54) is 7.05 Å². The summed E-state index contributed by atoms with van der Waals surface area (Å²) in [7, 11) is -2.11. The Balaban J connectivity index is 1.57. The number of aromatic nitrogens is 2. The van der Waals surface area contributed by atoms with Gasteiger partial charge in [-0.2, -0.15) is 0 Å². The summed E-state index contributed by atoms with van der Waals surface area (Å²) < 4.78 is 38.9. The van der Waals surface area contributed by atoms with Crippen molar-refractivity contribution in [2.45, 2.75) is 24.7 Å². The molecule has 2 aromatic carbocycles. The highest BCUT2D eigenvalue weighted by Gasteiger charge is 2.16. The molecule has 2 heterocycles. The highest BCUT2D eigenvalue weighted by atomic mass is 79.9. The van der Waals surface area contributed by atoms with Crippen LogP contribution < -0.4 is 14.4 Å². The van der Waals surface area contributed by atoms with E-state index in [0.29, 0.717) is 25.3 Å². The van der Waals surface area contributed by atoms with Gasteiger partial charge in [0.05, 0.1) is 34.9 Å². The third kappa shape index (κ3) is 6.38. The zero-order valence-corrected chi connectivity index (χ0v) is 22.2. The van der Waals surface area contributed by atoms with Gasteiger partial charge < -0.3 is 14.4 Å². The first-order valence-electron chi connectivity index (χ1n) is 11.5. The molecule has 8 nitrogen and oxygen atoms in total. The van der Waals surface area contributed by atoms with Crippen LogP contribution in [-0.4, -0.2) is 58.3 Å². The topological polar surface area (TPSA) is 93.7 Å². The molecular weight excluding hydrogens is 532 g/mol. The Hall–Kier alpha value is -2.53. The number of morpholine rings is 1. The fraction of sp³-hybridized carbons (Fsp3) is 0.360. The summed E-state index contributed by atoms with van der Waals surface area (Å²) >= 11 is 3.54. The second-order valence-corrected chi connectivity index (χ2v) is 10.9. The maximum atomic E-state index is 12.2. The molecule has 1 aliphatic rings. The summed E-state index contributed by atoms with van der Waals surface area (Å²) in [5, 5.41) is 0. The molecule has 1 fully saturated rings. The van der Waals surface area contributed by atoms with Crippen LogP contribution in [0.5, 0.6) is 5.75 Å². The standard InChI is InChI=1S/C25H29BrN4O4S/c1-3-34-24-16-20(30-9-11-33-12-10-30)8-7-19(24)15-25-28-17-22(26)23(29-25)14-18-5-4-6-21(13-18)35(31,32)27-2/h4-8,13,16-17,27H,3,9-12,14-15H2,1-2H3. The molecule has 1 aromatic heterocycles. The second kappa shape index (κ2) is 11.5. The van der Waals surface area contributed by atoms with Gasteiger partial charge in [0.15, 0.2) is 0 Å². The van der Waals surface area contributed by atoms with Gasteiger partial charge in [0, 0.05) is 49.4 Å². The summed E-state index contributed by atoms with van der Waals surface area (Å²) in [4.78, 5) is 11.8. The van der Waals surface area contributed by atoms with Crippen LogP contribution in [-0.2, 0) is 27.6 Å². The van der Waals surface area contributed by atoms with E-state index in [4.69, 9.17) is 14.5 Å². The van der Waals surface area contributed by atoms with E-state index in [1.807, 2.05) is 13.0 Å². The number of nitrogens with zero attached hydrogens (tertiary/aromatic N) is 3. The molecular formula is C25H29BrN4O4S. The van der Waals surface area contributed by atoms with Gasteiger partial charge in [-0.25, -0.2) is 23.1 Å². The van der Waals surface area contributed by atoms with Crippen molar-refractivity contribution in [1.29, 1.82) is 0 Å². The van der Waals surface area contributed by atoms with Crippen LogP contribution in [0.25, 0.3) is 0 Å². The normalized spacial score (nSPS) is 14.2. The molecule has 3 aromatic rings. The first kappa shape index (κ1) is 25.6. The van der Waals surface area contributed by atoms with E-state index < -0.39 is 10.0 Å². The van der Waals surface area contributed by atoms with Crippen LogP contribution in [0.2, 0.25) is 0 Å². The maximum absolute atomic E-state index is 12.2. The fourth-order valence-corrected chi connectivity index (χ4v) is 5.09. The van der Waals surface area contributed by atoms with Gasteiger partial charge in [-0.05, 0) is 53.7 Å². The van der Waals surface area contributed by atoms with Crippen molar-refractivity contribution in [3.05, 3.63) is 75.8 Å². The monoisotopic (exact) mass is 560 g/mol. The number of nitrogens with one attached hydrogen (secondary N) is 1. The van der Waals surface area contributed by atoms with E-state index in [2.05, 4.69) is 48.7 Å². The van der Waals surface area contributed by atoms with Gasteiger partial charge in [-0.15, -0.1) is 0 Å². The lowest BCUT2D eigenvalue weighted by Gasteiger charge is -2.29. The number of rotatable bonds is 9. The van der Waals surface area contributed by atoms with Gasteiger partial charge in [-0.1, -0.05) is 18.2 Å². The number of benzene rings is 2. The van der Waals surface area contributed by atoms with Gasteiger partial charge >= 0.3 is 0 Å². The number of ether oxygens (including phenoxy) is 2. The van der Waals surface area contributed by atoms with E-state index in [0.717, 1.165) is 59.0 Å². The smallest absolute Gasteiger partial charge is 0.240 e. The van der Waals surface area contributed by atoms with Crippen LogP contribution in [0.1, 0.15) is 29.6 Å². The fourth-order valence-electron chi connectivity index (χ4n) is 3.95. The van der Waals surface area contributed by atoms with Crippen LogP contribution in [0, 0.1) is 0 Å². The van der Waals surface area contributed by atoms with Crippen molar-refractivity contribution in [2.75, 3.05) is 44.9 Å². The van der Waals surface area contributed by atoms with Gasteiger partial charge in [0.25, 0.3) is 0 Å². The lowest BCUT2D eigenvalue weighted by molar-refractivity contribution is 0.122. The first-order valence-corrected chi connectivity index (χ1v) is 13.8. The zero-order valence-electron chi connectivity index (χ0n) is 19.8. The molecule has 0 aliphatic carbocycles. The number of hydrogen-bond acceptors (Lipinski definition) is 7. The highest BCUT2D eigenvalue weighted by molar-refractivity contribution is 9.10. The Bertz CT molecular complexity index is 1280. The second-order valence-electron chi connectivity index (χ2n) is 8.11. The SMILES string of the molecule is CCOc1cc(N2CCOCC2)ccc1Cc1ncc(Br)c(Cc2cccc(S(=O)(=O)NC)c2)n1. The molecule has 35 heavy (non-hydrogen) atoms. The van der Waals surface area contributed by atoms with Gasteiger partial charge in [-0.3, -0.25) is 0 Å². The Kier molecular flexibility index (Phi) is 8.38. The number of anilines is 1. The van der Waals surface area contributed by atoms with Crippen LogP contribution >= 0.6 is 15.9 Å². The summed E-state index contributed by atoms with van der Waals surface area (Å²) in [5.41, 5.74) is 3.77. The quantitative estimate of drug-likeness (QED) is 0.427. The van der Waals surface area contributed by atoms with Crippen LogP contribution in [0.3, 0.4) is 0 Å². The molecule has 1 saturated heterocycles. The third-order valence-electron chi connectivity index (χ3n) is 5.79. The van der Waals surface area contributed by atoms with E-state index in [-0.39, 0.29) is 4.90 Å². The molecule has 0 radical (unpaired) electrons. The molecule has 186 valence electrons. The Morgan fingerprint density at radius 2 is 1.94 bits per heavy atom. The van der Waals surface area contributed by atoms with Crippen molar-refractivity contribution in [3.63, 3.8) is 0 Å². The van der Waals surface area contributed by atoms with E-state index in [1.54, 1.807) is 24.4 Å². The molecule has 0 amide bonds. The van der Waals surface area contributed by atoms with E-state index in [9.17, 15) is 8.42 Å². The Morgan fingerprint density at radius 1 is 1.14 bits per heavy atom. The molecule has 0 spiro atoms. The maximum Gasteiger partial charge on any atom is 0.240 e. The summed E-state index contributed by atoms with van der Waals surface area (Å²) in [6.45, 7) is 5.72. The lowest BCUT2D eigenvalue weighted by atomic mass is 10.1.